The van der Waals surface area contributed by atoms with Gasteiger partial charge in [-0.05, 0) is 37.5 Å². The lowest BCUT2D eigenvalue weighted by Gasteiger charge is -2.11. The van der Waals surface area contributed by atoms with E-state index < -0.39 is 17.6 Å². The highest BCUT2D eigenvalue weighted by atomic mass is 35.5. The number of benzene rings is 1. The van der Waals surface area contributed by atoms with E-state index in [4.69, 9.17) is 16.3 Å². The van der Waals surface area contributed by atoms with Crippen LogP contribution in [0.1, 0.15) is 24.8 Å². The smallest absolute Gasteiger partial charge is 0.419 e. The molecule has 0 saturated carbocycles. The fraction of sp³-hybridized carbons (Fsp3) is 0.500. The summed E-state index contributed by atoms with van der Waals surface area (Å²) in [4.78, 5) is 0. The van der Waals surface area contributed by atoms with E-state index in [9.17, 15) is 17.6 Å². The highest BCUT2D eigenvalue weighted by Crippen LogP contribution is 2.33. The van der Waals surface area contributed by atoms with Crippen LogP contribution in [0, 0.1) is 5.82 Å². The number of hydrogen-bond donors (Lipinski definition) is 0. The fourth-order valence-corrected chi connectivity index (χ4v) is 1.56. The van der Waals surface area contributed by atoms with Gasteiger partial charge in [-0.15, -0.1) is 11.6 Å². The minimum Gasteiger partial charge on any atom is -0.494 e. The molecule has 0 saturated heterocycles. The normalized spacial score (nSPS) is 11.6. The highest BCUT2D eigenvalue weighted by molar-refractivity contribution is 6.17. The van der Waals surface area contributed by atoms with Gasteiger partial charge in [-0.1, -0.05) is 0 Å². The summed E-state index contributed by atoms with van der Waals surface area (Å²) in [6.07, 6.45) is -2.33. The van der Waals surface area contributed by atoms with Crippen LogP contribution >= 0.6 is 11.6 Å². The van der Waals surface area contributed by atoms with Gasteiger partial charge >= 0.3 is 6.18 Å². The van der Waals surface area contributed by atoms with Crippen molar-refractivity contribution in [2.45, 2.75) is 25.4 Å². The molecular formula is C12H13ClF4O. The van der Waals surface area contributed by atoms with Crippen LogP contribution in [0.15, 0.2) is 18.2 Å². The maximum Gasteiger partial charge on any atom is 0.419 e. The summed E-state index contributed by atoms with van der Waals surface area (Å²) >= 11 is 5.48. The summed E-state index contributed by atoms with van der Waals surface area (Å²) in [5.41, 5.74) is -1.30. The van der Waals surface area contributed by atoms with E-state index in [0.717, 1.165) is 18.9 Å². The van der Waals surface area contributed by atoms with Gasteiger partial charge < -0.3 is 4.74 Å². The van der Waals surface area contributed by atoms with Crippen molar-refractivity contribution in [3.63, 3.8) is 0 Å². The molecular weight excluding hydrogens is 272 g/mol. The Labute approximate surface area is 108 Å². The third kappa shape index (κ3) is 4.72. The van der Waals surface area contributed by atoms with Gasteiger partial charge in [0.1, 0.15) is 11.6 Å². The van der Waals surface area contributed by atoms with Crippen molar-refractivity contribution in [2.24, 2.45) is 0 Å². The summed E-state index contributed by atoms with van der Waals surface area (Å²) < 4.78 is 55.3. The van der Waals surface area contributed by atoms with E-state index in [2.05, 4.69) is 0 Å². The standard InChI is InChI=1S/C12H13ClF4O/c13-6-2-1-3-7-18-9-4-5-11(14)10(8-9)12(15,16)17/h4-5,8H,1-3,6-7H2. The van der Waals surface area contributed by atoms with Gasteiger partial charge in [0.2, 0.25) is 0 Å². The first-order chi connectivity index (χ1) is 8.45. The Bertz CT molecular complexity index is 379. The van der Waals surface area contributed by atoms with Crippen molar-refractivity contribution in [1.29, 1.82) is 0 Å². The molecule has 0 N–H and O–H groups in total. The quantitative estimate of drug-likeness (QED) is 0.420. The van der Waals surface area contributed by atoms with Crippen LogP contribution in [0.5, 0.6) is 5.75 Å². The topological polar surface area (TPSA) is 9.23 Å². The SMILES string of the molecule is Fc1ccc(OCCCCCCl)cc1C(F)(F)F. The summed E-state index contributed by atoms with van der Waals surface area (Å²) in [6.45, 7) is 0.291. The first-order valence-electron chi connectivity index (χ1n) is 5.50. The molecule has 0 heterocycles. The molecule has 0 radical (unpaired) electrons. The third-order valence-electron chi connectivity index (χ3n) is 2.29. The third-order valence-corrected chi connectivity index (χ3v) is 2.56. The minimum atomic E-state index is -4.71. The molecule has 0 fully saturated rings. The Hall–Kier alpha value is -0.970. The Morgan fingerprint density at radius 2 is 1.83 bits per heavy atom. The number of alkyl halides is 4. The molecule has 1 rings (SSSR count). The monoisotopic (exact) mass is 284 g/mol. The van der Waals surface area contributed by atoms with Crippen molar-refractivity contribution in [3.8, 4) is 5.75 Å². The van der Waals surface area contributed by atoms with Gasteiger partial charge in [0.25, 0.3) is 0 Å². The lowest BCUT2D eigenvalue weighted by Crippen LogP contribution is -2.08. The second kappa shape index (κ2) is 6.83. The second-order valence-corrected chi connectivity index (χ2v) is 4.12. The number of hydrogen-bond acceptors (Lipinski definition) is 1. The van der Waals surface area contributed by atoms with Gasteiger partial charge in [0.15, 0.2) is 0 Å². The average Bonchev–Trinajstić information content (AvgIpc) is 2.29. The Morgan fingerprint density at radius 1 is 1.11 bits per heavy atom. The predicted octanol–water partition coefficient (Wildman–Crippen LogP) is 4.63. The minimum absolute atomic E-state index is 0.0228. The van der Waals surface area contributed by atoms with Crippen molar-refractivity contribution in [3.05, 3.63) is 29.6 Å². The van der Waals surface area contributed by atoms with Crippen molar-refractivity contribution in [1.82, 2.24) is 0 Å². The molecule has 0 aromatic heterocycles. The molecule has 18 heavy (non-hydrogen) atoms. The summed E-state index contributed by atoms with van der Waals surface area (Å²) in [5.74, 6) is -0.721. The van der Waals surface area contributed by atoms with E-state index in [0.29, 0.717) is 25.0 Å². The molecule has 0 bridgehead atoms. The molecule has 0 aliphatic carbocycles. The molecule has 102 valence electrons. The lowest BCUT2D eigenvalue weighted by atomic mass is 10.2. The first kappa shape index (κ1) is 15.1. The zero-order valence-corrected chi connectivity index (χ0v) is 10.3. The van der Waals surface area contributed by atoms with Crippen LogP contribution in [-0.2, 0) is 6.18 Å². The molecule has 0 amide bonds. The molecule has 1 aromatic rings. The van der Waals surface area contributed by atoms with Gasteiger partial charge in [-0.3, -0.25) is 0 Å². The zero-order chi connectivity index (χ0) is 13.6. The predicted molar refractivity (Wildman–Crippen MR) is 61.5 cm³/mol. The van der Waals surface area contributed by atoms with Crippen molar-refractivity contribution >= 4 is 11.6 Å². The van der Waals surface area contributed by atoms with E-state index in [1.807, 2.05) is 0 Å². The molecule has 0 aliphatic heterocycles. The van der Waals surface area contributed by atoms with Crippen molar-refractivity contribution < 1.29 is 22.3 Å². The largest absolute Gasteiger partial charge is 0.494 e. The molecule has 0 atom stereocenters. The average molecular weight is 285 g/mol. The van der Waals surface area contributed by atoms with Crippen LogP contribution in [0.4, 0.5) is 17.6 Å². The molecule has 0 aliphatic rings. The van der Waals surface area contributed by atoms with Gasteiger partial charge in [0.05, 0.1) is 12.2 Å². The molecule has 1 nitrogen and oxygen atoms in total. The zero-order valence-electron chi connectivity index (χ0n) is 9.57. The summed E-state index contributed by atoms with van der Waals surface area (Å²) in [5, 5.41) is 0. The maximum absolute atomic E-state index is 13.0. The Balaban J connectivity index is 2.57. The van der Waals surface area contributed by atoms with E-state index in [1.165, 1.54) is 6.07 Å². The van der Waals surface area contributed by atoms with Crippen molar-refractivity contribution in [2.75, 3.05) is 12.5 Å². The first-order valence-corrected chi connectivity index (χ1v) is 6.04. The molecule has 0 unspecified atom stereocenters. The second-order valence-electron chi connectivity index (χ2n) is 3.74. The van der Waals surface area contributed by atoms with E-state index >= 15 is 0 Å². The molecule has 6 heteroatoms. The van der Waals surface area contributed by atoms with Gasteiger partial charge in [0, 0.05) is 5.88 Å². The Morgan fingerprint density at radius 3 is 2.44 bits per heavy atom. The summed E-state index contributed by atoms with van der Waals surface area (Å²) in [6, 6.07) is 2.62. The number of ether oxygens (including phenoxy) is 1. The molecule has 1 aromatic carbocycles. The maximum atomic E-state index is 13.0. The number of unbranched alkanes of at least 4 members (excludes halogenated alkanes) is 2. The number of halogens is 5. The van der Waals surface area contributed by atoms with Crippen LogP contribution in [-0.4, -0.2) is 12.5 Å². The Kier molecular flexibility index (Phi) is 5.72. The molecule has 0 spiro atoms. The van der Waals surface area contributed by atoms with Crippen LogP contribution < -0.4 is 4.74 Å². The van der Waals surface area contributed by atoms with E-state index in [-0.39, 0.29) is 5.75 Å². The van der Waals surface area contributed by atoms with E-state index in [1.54, 1.807) is 0 Å². The highest BCUT2D eigenvalue weighted by Gasteiger charge is 2.34. The van der Waals surface area contributed by atoms with Crippen LogP contribution in [0.3, 0.4) is 0 Å². The fourth-order valence-electron chi connectivity index (χ4n) is 1.37. The lowest BCUT2D eigenvalue weighted by molar-refractivity contribution is -0.140. The van der Waals surface area contributed by atoms with Gasteiger partial charge in [-0.2, -0.15) is 13.2 Å². The van der Waals surface area contributed by atoms with Crippen LogP contribution in [0.25, 0.3) is 0 Å². The van der Waals surface area contributed by atoms with Gasteiger partial charge in [-0.25, -0.2) is 4.39 Å². The summed E-state index contributed by atoms with van der Waals surface area (Å²) in [7, 11) is 0. The van der Waals surface area contributed by atoms with Crippen LogP contribution in [0.2, 0.25) is 0 Å². The number of rotatable bonds is 6.